The summed E-state index contributed by atoms with van der Waals surface area (Å²) in [6.45, 7) is 6.07. The van der Waals surface area contributed by atoms with E-state index in [0.29, 0.717) is 36.1 Å². The Morgan fingerprint density at radius 1 is 1.45 bits per heavy atom. The summed E-state index contributed by atoms with van der Waals surface area (Å²) in [6, 6.07) is 0. The molecule has 7 nitrogen and oxygen atoms in total. The lowest BCUT2D eigenvalue weighted by Gasteiger charge is -2.10. The fourth-order valence-corrected chi connectivity index (χ4v) is 1.93. The maximum atomic E-state index is 11.6. The first-order valence-electron chi connectivity index (χ1n) is 6.34. The first-order valence-corrected chi connectivity index (χ1v) is 7.22. The molecule has 0 fully saturated rings. The van der Waals surface area contributed by atoms with E-state index < -0.39 is 0 Å². The van der Waals surface area contributed by atoms with Crippen LogP contribution >= 0.6 is 11.3 Å². The van der Waals surface area contributed by atoms with Crippen molar-refractivity contribution in [3.05, 3.63) is 17.2 Å². The van der Waals surface area contributed by atoms with E-state index in [9.17, 15) is 4.79 Å². The zero-order chi connectivity index (χ0) is 14.6. The van der Waals surface area contributed by atoms with Crippen LogP contribution in [0.4, 0.5) is 5.13 Å². The molecule has 0 aliphatic heterocycles. The van der Waals surface area contributed by atoms with E-state index in [1.807, 2.05) is 20.8 Å². The van der Waals surface area contributed by atoms with Gasteiger partial charge in [-0.1, -0.05) is 37.3 Å². The zero-order valence-electron chi connectivity index (χ0n) is 11.7. The molecule has 0 bridgehead atoms. The molecule has 0 aliphatic rings. The third-order valence-electron chi connectivity index (χ3n) is 2.54. The van der Waals surface area contributed by atoms with Gasteiger partial charge in [-0.05, 0) is 6.42 Å². The van der Waals surface area contributed by atoms with Crippen LogP contribution in [0.3, 0.4) is 0 Å². The Hall–Kier alpha value is -1.83. The molecule has 0 radical (unpaired) electrons. The molecule has 0 atom stereocenters. The first kappa shape index (κ1) is 14.6. The van der Waals surface area contributed by atoms with Crippen molar-refractivity contribution in [1.29, 1.82) is 0 Å². The second kappa shape index (κ2) is 6.08. The monoisotopic (exact) mass is 295 g/mol. The molecule has 2 aromatic rings. The summed E-state index contributed by atoms with van der Waals surface area (Å²) in [5.41, 5.74) is 1.44. The van der Waals surface area contributed by atoms with Crippen LogP contribution < -0.4 is 5.32 Å². The smallest absolute Gasteiger partial charge is 0.226 e. The SMILES string of the molecule is CC(C)(C)c1noc(CCCC(=O)Nc2nncs2)n1. The molecule has 0 unspecified atom stereocenters. The quantitative estimate of drug-likeness (QED) is 0.908. The topological polar surface area (TPSA) is 93.8 Å². The summed E-state index contributed by atoms with van der Waals surface area (Å²) in [5.74, 6) is 1.17. The molecule has 0 saturated carbocycles. The van der Waals surface area contributed by atoms with Crippen molar-refractivity contribution in [2.24, 2.45) is 0 Å². The highest BCUT2D eigenvalue weighted by Gasteiger charge is 2.20. The average Bonchev–Trinajstić information content (AvgIpc) is 2.98. The molecular formula is C12H17N5O2S. The lowest BCUT2D eigenvalue weighted by molar-refractivity contribution is -0.116. The fraction of sp³-hybridized carbons (Fsp3) is 0.583. The number of aromatic nitrogens is 4. The van der Waals surface area contributed by atoms with Gasteiger partial charge in [0, 0.05) is 18.3 Å². The van der Waals surface area contributed by atoms with E-state index in [2.05, 4.69) is 25.7 Å². The molecule has 0 spiro atoms. The van der Waals surface area contributed by atoms with E-state index in [1.54, 1.807) is 5.51 Å². The van der Waals surface area contributed by atoms with Gasteiger partial charge in [0.15, 0.2) is 5.82 Å². The molecule has 8 heteroatoms. The zero-order valence-corrected chi connectivity index (χ0v) is 12.5. The second-order valence-corrected chi connectivity index (χ2v) is 6.24. The van der Waals surface area contributed by atoms with Crippen molar-refractivity contribution >= 4 is 22.4 Å². The van der Waals surface area contributed by atoms with Crippen molar-refractivity contribution in [2.45, 2.75) is 45.4 Å². The summed E-state index contributed by atoms with van der Waals surface area (Å²) in [6.07, 6.45) is 1.62. The van der Waals surface area contributed by atoms with Crippen molar-refractivity contribution < 1.29 is 9.32 Å². The van der Waals surface area contributed by atoms with Gasteiger partial charge in [-0.15, -0.1) is 10.2 Å². The molecule has 0 aromatic carbocycles. The van der Waals surface area contributed by atoms with Crippen molar-refractivity contribution in [3.63, 3.8) is 0 Å². The summed E-state index contributed by atoms with van der Waals surface area (Å²) in [7, 11) is 0. The van der Waals surface area contributed by atoms with Gasteiger partial charge < -0.3 is 9.84 Å². The van der Waals surface area contributed by atoms with Gasteiger partial charge in [-0.2, -0.15) is 4.98 Å². The second-order valence-electron chi connectivity index (χ2n) is 5.41. The van der Waals surface area contributed by atoms with Crippen LogP contribution in [0.1, 0.15) is 45.3 Å². The number of rotatable bonds is 5. The molecule has 1 N–H and O–H groups in total. The van der Waals surface area contributed by atoms with Gasteiger partial charge >= 0.3 is 0 Å². The first-order chi connectivity index (χ1) is 9.45. The van der Waals surface area contributed by atoms with Crippen molar-refractivity contribution in [2.75, 3.05) is 5.32 Å². The molecule has 20 heavy (non-hydrogen) atoms. The molecule has 2 heterocycles. The molecular weight excluding hydrogens is 278 g/mol. The Morgan fingerprint density at radius 2 is 2.25 bits per heavy atom. The minimum Gasteiger partial charge on any atom is -0.339 e. The Bertz CT molecular complexity index is 559. The molecule has 0 aliphatic carbocycles. The van der Waals surface area contributed by atoms with Crippen LogP contribution in [0, 0.1) is 0 Å². The minimum atomic E-state index is -0.128. The lowest BCUT2D eigenvalue weighted by atomic mass is 9.96. The van der Waals surface area contributed by atoms with Gasteiger partial charge in [-0.3, -0.25) is 4.79 Å². The summed E-state index contributed by atoms with van der Waals surface area (Å²) >= 11 is 1.29. The van der Waals surface area contributed by atoms with Gasteiger partial charge in [0.05, 0.1) is 0 Å². The largest absolute Gasteiger partial charge is 0.339 e. The molecule has 2 rings (SSSR count). The van der Waals surface area contributed by atoms with Gasteiger partial charge in [0.2, 0.25) is 16.9 Å². The number of nitrogens with one attached hydrogen (secondary N) is 1. The van der Waals surface area contributed by atoms with Crippen LogP contribution in [0.15, 0.2) is 10.0 Å². The highest BCUT2D eigenvalue weighted by molar-refractivity contribution is 7.13. The summed E-state index contributed by atoms with van der Waals surface area (Å²) in [4.78, 5) is 16.0. The molecule has 1 amide bonds. The molecule has 2 aromatic heterocycles. The van der Waals surface area contributed by atoms with Gasteiger partial charge in [0.25, 0.3) is 0 Å². The third kappa shape index (κ3) is 4.09. The summed E-state index contributed by atoms with van der Waals surface area (Å²) < 4.78 is 5.17. The maximum absolute atomic E-state index is 11.6. The van der Waals surface area contributed by atoms with Crippen LogP contribution in [0.5, 0.6) is 0 Å². The van der Waals surface area contributed by atoms with Crippen LogP contribution in [0.2, 0.25) is 0 Å². The normalized spacial score (nSPS) is 11.6. The molecule has 108 valence electrons. The fourth-order valence-electron chi connectivity index (χ4n) is 1.47. The Kier molecular flexibility index (Phi) is 4.43. The lowest BCUT2D eigenvalue weighted by Crippen LogP contribution is -2.13. The Labute approximate surface area is 120 Å². The standard InChI is InChI=1S/C12H17N5O2S/c1-12(2,3)10-15-9(19-17-10)6-4-5-8(18)14-11-16-13-7-20-11/h7H,4-6H2,1-3H3,(H,14,16,18). The highest BCUT2D eigenvalue weighted by atomic mass is 32.1. The van der Waals surface area contributed by atoms with Crippen LogP contribution in [-0.4, -0.2) is 26.2 Å². The number of nitrogens with zero attached hydrogens (tertiary/aromatic N) is 4. The number of hydrogen-bond donors (Lipinski definition) is 1. The maximum Gasteiger partial charge on any atom is 0.226 e. The van der Waals surface area contributed by atoms with Crippen molar-refractivity contribution in [1.82, 2.24) is 20.3 Å². The number of carbonyl (C=O) groups is 1. The average molecular weight is 295 g/mol. The van der Waals surface area contributed by atoms with Crippen LogP contribution in [-0.2, 0) is 16.6 Å². The minimum absolute atomic E-state index is 0.0858. The summed E-state index contributed by atoms with van der Waals surface area (Å²) in [5, 5.41) is 14.5. The van der Waals surface area contributed by atoms with Crippen LogP contribution in [0.25, 0.3) is 0 Å². The predicted molar refractivity (Wildman–Crippen MR) is 74.5 cm³/mol. The number of carbonyl (C=O) groups excluding carboxylic acids is 1. The van der Waals surface area contributed by atoms with Gasteiger partial charge in [0.1, 0.15) is 5.51 Å². The van der Waals surface area contributed by atoms with E-state index in [0.717, 1.165) is 0 Å². The Morgan fingerprint density at radius 3 is 2.85 bits per heavy atom. The van der Waals surface area contributed by atoms with E-state index >= 15 is 0 Å². The van der Waals surface area contributed by atoms with E-state index in [4.69, 9.17) is 4.52 Å². The van der Waals surface area contributed by atoms with Crippen molar-refractivity contribution in [3.8, 4) is 0 Å². The number of hydrogen-bond acceptors (Lipinski definition) is 7. The molecule has 0 saturated heterocycles. The third-order valence-corrected chi connectivity index (χ3v) is 3.15. The number of amides is 1. The van der Waals surface area contributed by atoms with E-state index in [1.165, 1.54) is 11.3 Å². The number of aryl methyl sites for hydroxylation is 1. The predicted octanol–water partition coefficient (Wildman–Crippen LogP) is 2.18. The Balaban J connectivity index is 1.75. The van der Waals surface area contributed by atoms with Gasteiger partial charge in [-0.25, -0.2) is 0 Å². The van der Waals surface area contributed by atoms with E-state index in [-0.39, 0.29) is 11.3 Å². The highest BCUT2D eigenvalue weighted by Crippen LogP contribution is 2.19. The number of anilines is 1.